The first-order chi connectivity index (χ1) is 6.75. The number of halogens is 1. The van der Waals surface area contributed by atoms with Crippen LogP contribution in [0.4, 0.5) is 0 Å². The lowest BCUT2D eigenvalue weighted by atomic mass is 10.1. The van der Waals surface area contributed by atoms with Gasteiger partial charge in [-0.15, -0.1) is 11.3 Å². The van der Waals surface area contributed by atoms with Crippen molar-refractivity contribution in [2.75, 3.05) is 13.1 Å². The number of nitrogens with zero attached hydrogens (tertiary/aromatic N) is 1. The Labute approximate surface area is 97.2 Å². The third-order valence-corrected chi connectivity index (χ3v) is 4.51. The van der Waals surface area contributed by atoms with Gasteiger partial charge < -0.3 is 5.73 Å². The van der Waals surface area contributed by atoms with Gasteiger partial charge in [0.15, 0.2) is 0 Å². The molecule has 0 spiro atoms. The van der Waals surface area contributed by atoms with Gasteiger partial charge in [-0.25, -0.2) is 0 Å². The highest BCUT2D eigenvalue weighted by atomic mass is 79.9. The SMILES string of the molecule is N[C@@H]1CCCN(Cc2sccc2Br)C1. The molecule has 0 bridgehead atoms. The summed E-state index contributed by atoms with van der Waals surface area (Å²) in [5, 5.41) is 2.13. The van der Waals surface area contributed by atoms with Crippen LogP contribution < -0.4 is 5.73 Å². The van der Waals surface area contributed by atoms with Crippen molar-refractivity contribution in [2.45, 2.75) is 25.4 Å². The molecule has 0 amide bonds. The Balaban J connectivity index is 1.94. The summed E-state index contributed by atoms with van der Waals surface area (Å²) in [6, 6.07) is 2.49. The second-order valence-corrected chi connectivity index (χ2v) is 5.68. The summed E-state index contributed by atoms with van der Waals surface area (Å²) < 4.78 is 1.24. The minimum absolute atomic E-state index is 0.377. The van der Waals surface area contributed by atoms with E-state index in [1.54, 1.807) is 0 Å². The number of thiophene rings is 1. The van der Waals surface area contributed by atoms with Crippen LogP contribution in [0.2, 0.25) is 0 Å². The largest absolute Gasteiger partial charge is 0.327 e. The molecule has 1 saturated heterocycles. The molecular weight excluding hydrogens is 260 g/mol. The van der Waals surface area contributed by atoms with Crippen LogP contribution in [0.15, 0.2) is 15.9 Å². The van der Waals surface area contributed by atoms with E-state index in [1.807, 2.05) is 11.3 Å². The van der Waals surface area contributed by atoms with Gasteiger partial charge in [-0.05, 0) is 46.8 Å². The first-order valence-electron chi connectivity index (χ1n) is 4.95. The van der Waals surface area contributed by atoms with Gasteiger partial charge in [-0.3, -0.25) is 4.90 Å². The van der Waals surface area contributed by atoms with Gasteiger partial charge in [-0.2, -0.15) is 0 Å². The van der Waals surface area contributed by atoms with Crippen molar-refractivity contribution in [2.24, 2.45) is 5.73 Å². The smallest absolute Gasteiger partial charge is 0.0339 e. The average molecular weight is 275 g/mol. The molecule has 2 N–H and O–H groups in total. The van der Waals surface area contributed by atoms with Crippen LogP contribution in [0.1, 0.15) is 17.7 Å². The molecule has 14 heavy (non-hydrogen) atoms. The molecule has 4 heteroatoms. The van der Waals surface area contributed by atoms with E-state index in [4.69, 9.17) is 5.73 Å². The topological polar surface area (TPSA) is 29.3 Å². The highest BCUT2D eigenvalue weighted by Gasteiger charge is 2.17. The van der Waals surface area contributed by atoms with Crippen molar-refractivity contribution in [1.29, 1.82) is 0 Å². The van der Waals surface area contributed by atoms with Crippen LogP contribution in [-0.4, -0.2) is 24.0 Å². The number of likely N-dealkylation sites (tertiary alicyclic amines) is 1. The maximum absolute atomic E-state index is 5.94. The Morgan fingerprint density at radius 1 is 1.64 bits per heavy atom. The third kappa shape index (κ3) is 2.57. The van der Waals surface area contributed by atoms with Crippen molar-refractivity contribution in [1.82, 2.24) is 4.90 Å². The van der Waals surface area contributed by atoms with E-state index in [2.05, 4.69) is 32.3 Å². The minimum Gasteiger partial charge on any atom is -0.327 e. The molecule has 2 heterocycles. The molecule has 1 aromatic rings. The predicted octanol–water partition coefficient (Wildman–Crippen LogP) is 2.43. The minimum atomic E-state index is 0.377. The van der Waals surface area contributed by atoms with Gasteiger partial charge in [0, 0.05) is 28.5 Å². The van der Waals surface area contributed by atoms with E-state index < -0.39 is 0 Å². The Bertz CT molecular complexity index is 300. The Hall–Kier alpha value is 0.100. The lowest BCUT2D eigenvalue weighted by Gasteiger charge is -2.30. The number of rotatable bonds is 2. The molecule has 1 aliphatic rings. The summed E-state index contributed by atoms with van der Waals surface area (Å²) in [6.07, 6.45) is 2.42. The Kier molecular flexibility index (Phi) is 3.60. The molecule has 0 aliphatic carbocycles. The van der Waals surface area contributed by atoms with E-state index in [9.17, 15) is 0 Å². The highest BCUT2D eigenvalue weighted by Crippen LogP contribution is 2.25. The summed E-state index contributed by atoms with van der Waals surface area (Å²) in [5.74, 6) is 0. The van der Waals surface area contributed by atoms with E-state index >= 15 is 0 Å². The van der Waals surface area contributed by atoms with E-state index in [0.29, 0.717) is 6.04 Å². The normalized spacial score (nSPS) is 24.0. The zero-order valence-corrected chi connectivity index (χ0v) is 10.5. The van der Waals surface area contributed by atoms with Crippen LogP contribution in [0, 0.1) is 0 Å². The molecule has 1 aromatic heterocycles. The maximum atomic E-state index is 5.94. The fraction of sp³-hybridized carbons (Fsp3) is 0.600. The molecule has 0 unspecified atom stereocenters. The van der Waals surface area contributed by atoms with Gasteiger partial charge in [0.1, 0.15) is 0 Å². The average Bonchev–Trinajstić information content (AvgIpc) is 2.52. The predicted molar refractivity (Wildman–Crippen MR) is 64.5 cm³/mol. The van der Waals surface area contributed by atoms with Crippen LogP contribution in [0.3, 0.4) is 0 Å². The summed E-state index contributed by atoms with van der Waals surface area (Å²) >= 11 is 5.38. The zero-order chi connectivity index (χ0) is 9.97. The first kappa shape index (κ1) is 10.6. The summed E-state index contributed by atoms with van der Waals surface area (Å²) in [4.78, 5) is 3.86. The molecule has 0 aromatic carbocycles. The fourth-order valence-corrected chi connectivity index (χ4v) is 3.39. The molecule has 78 valence electrons. The van der Waals surface area contributed by atoms with Gasteiger partial charge in [0.05, 0.1) is 0 Å². The number of piperidine rings is 1. The van der Waals surface area contributed by atoms with Gasteiger partial charge in [-0.1, -0.05) is 0 Å². The lowest BCUT2D eigenvalue weighted by molar-refractivity contribution is 0.203. The lowest BCUT2D eigenvalue weighted by Crippen LogP contribution is -2.42. The van der Waals surface area contributed by atoms with Crippen molar-refractivity contribution in [3.05, 3.63) is 20.8 Å². The van der Waals surface area contributed by atoms with Crippen LogP contribution in [0.5, 0.6) is 0 Å². The Morgan fingerprint density at radius 3 is 3.14 bits per heavy atom. The molecular formula is C10H15BrN2S. The number of nitrogens with two attached hydrogens (primary N) is 1. The zero-order valence-electron chi connectivity index (χ0n) is 8.08. The first-order valence-corrected chi connectivity index (χ1v) is 6.63. The molecule has 1 atom stereocenters. The summed E-state index contributed by atoms with van der Waals surface area (Å²) in [5.41, 5.74) is 5.94. The number of hydrogen-bond acceptors (Lipinski definition) is 3. The van der Waals surface area contributed by atoms with Crippen molar-refractivity contribution in [3.8, 4) is 0 Å². The van der Waals surface area contributed by atoms with Crippen molar-refractivity contribution in [3.63, 3.8) is 0 Å². The molecule has 1 aliphatic heterocycles. The second-order valence-electron chi connectivity index (χ2n) is 3.83. The van der Waals surface area contributed by atoms with Crippen molar-refractivity contribution < 1.29 is 0 Å². The Morgan fingerprint density at radius 2 is 2.50 bits per heavy atom. The second kappa shape index (κ2) is 4.75. The maximum Gasteiger partial charge on any atom is 0.0339 e. The van der Waals surface area contributed by atoms with Crippen LogP contribution >= 0.6 is 27.3 Å². The highest BCUT2D eigenvalue weighted by molar-refractivity contribution is 9.10. The monoisotopic (exact) mass is 274 g/mol. The van der Waals surface area contributed by atoms with E-state index in [-0.39, 0.29) is 0 Å². The quantitative estimate of drug-likeness (QED) is 0.898. The molecule has 0 saturated carbocycles. The van der Waals surface area contributed by atoms with Crippen LogP contribution in [-0.2, 0) is 6.54 Å². The van der Waals surface area contributed by atoms with Gasteiger partial charge in [0.2, 0.25) is 0 Å². The fourth-order valence-electron chi connectivity index (χ4n) is 1.88. The van der Waals surface area contributed by atoms with Crippen LogP contribution in [0.25, 0.3) is 0 Å². The molecule has 2 nitrogen and oxygen atoms in total. The molecule has 2 rings (SSSR count). The molecule has 0 radical (unpaired) electrons. The van der Waals surface area contributed by atoms with E-state index in [1.165, 1.54) is 28.7 Å². The van der Waals surface area contributed by atoms with Gasteiger partial charge in [0.25, 0.3) is 0 Å². The third-order valence-electron chi connectivity index (χ3n) is 2.60. The number of hydrogen-bond donors (Lipinski definition) is 1. The van der Waals surface area contributed by atoms with Gasteiger partial charge >= 0.3 is 0 Å². The summed E-state index contributed by atoms with van der Waals surface area (Å²) in [7, 11) is 0. The summed E-state index contributed by atoms with van der Waals surface area (Å²) in [6.45, 7) is 3.29. The van der Waals surface area contributed by atoms with E-state index in [0.717, 1.165) is 13.1 Å². The molecule has 1 fully saturated rings. The van der Waals surface area contributed by atoms with Crippen molar-refractivity contribution >= 4 is 27.3 Å². The standard InChI is InChI=1S/C10H15BrN2S/c11-9-3-5-14-10(9)7-13-4-1-2-8(12)6-13/h3,5,8H,1-2,4,6-7,12H2/t8-/m1/s1.